The average Bonchev–Trinajstić information content (AvgIpc) is 2.78. The monoisotopic (exact) mass is 437 g/mol. The van der Waals surface area contributed by atoms with Gasteiger partial charge in [0, 0.05) is 47.7 Å². The lowest BCUT2D eigenvalue weighted by Crippen LogP contribution is -2.28. The number of hydrogen-bond donors (Lipinski definition) is 3. The molecule has 0 spiro atoms. The summed E-state index contributed by atoms with van der Waals surface area (Å²) in [7, 11) is 1.83. The van der Waals surface area contributed by atoms with Crippen LogP contribution >= 0.6 is 11.6 Å². The molecule has 1 aliphatic rings. The van der Waals surface area contributed by atoms with Crippen LogP contribution in [-0.4, -0.2) is 31.4 Å². The number of likely N-dealkylation sites (tertiary alicyclic amines) is 1. The van der Waals surface area contributed by atoms with Gasteiger partial charge in [-0.05, 0) is 61.6 Å². The Labute approximate surface area is 190 Å². The summed E-state index contributed by atoms with van der Waals surface area (Å²) < 4.78 is 0. The van der Waals surface area contributed by atoms with Crippen LogP contribution in [-0.2, 0) is 0 Å². The van der Waals surface area contributed by atoms with Crippen LogP contribution in [0.1, 0.15) is 47.7 Å². The Kier molecular flexibility index (Phi) is 7.77. The normalized spacial score (nSPS) is 15.0. The second-order valence-electron chi connectivity index (χ2n) is 7.85. The van der Waals surface area contributed by atoms with E-state index in [9.17, 15) is 0 Å². The average molecular weight is 438 g/mol. The minimum Gasteiger partial charge on any atom is -0.379 e. The molecule has 1 atom stereocenters. The molecule has 5 nitrogen and oxygen atoms in total. The molecule has 0 aromatic heterocycles. The number of nitrogens with zero attached hydrogens (tertiary/aromatic N) is 2. The van der Waals surface area contributed by atoms with Crippen LogP contribution in [0.3, 0.4) is 0 Å². The number of hydrogen-bond acceptors (Lipinski definition) is 4. The Morgan fingerprint density at radius 1 is 1.23 bits per heavy atom. The summed E-state index contributed by atoms with van der Waals surface area (Å²) in [6.07, 6.45) is 6.63. The van der Waals surface area contributed by atoms with Gasteiger partial charge >= 0.3 is 0 Å². The summed E-state index contributed by atoms with van der Waals surface area (Å²) >= 11 is 6.13. The highest BCUT2D eigenvalue weighted by Gasteiger charge is 2.21. The number of aryl methyl sites for hydroxylation is 1. The van der Waals surface area contributed by atoms with Crippen molar-refractivity contribution in [1.82, 2.24) is 10.2 Å². The van der Waals surface area contributed by atoms with Crippen molar-refractivity contribution in [2.45, 2.75) is 32.4 Å². The molecule has 1 heterocycles. The van der Waals surface area contributed by atoms with Gasteiger partial charge in [-0.1, -0.05) is 36.9 Å². The molecule has 3 rings (SSSR count). The van der Waals surface area contributed by atoms with Gasteiger partial charge in [-0.15, -0.1) is 0 Å². The zero-order chi connectivity index (χ0) is 22.4. The molecule has 1 saturated heterocycles. The third-order valence-corrected chi connectivity index (χ3v) is 5.77. The molecule has 31 heavy (non-hydrogen) atoms. The number of nitrogens with one attached hydrogen (secondary N) is 2. The predicted octanol–water partition coefficient (Wildman–Crippen LogP) is 5.70. The molecular weight excluding hydrogens is 406 g/mol. The summed E-state index contributed by atoms with van der Waals surface area (Å²) in [6, 6.07) is 9.84. The Balaban J connectivity index is 2.02. The molecule has 1 aliphatic heterocycles. The van der Waals surface area contributed by atoms with E-state index in [1.807, 2.05) is 25.2 Å². The fraction of sp³-hybridized carbons (Fsp3) is 0.320. The van der Waals surface area contributed by atoms with Crippen LogP contribution < -0.4 is 16.4 Å². The van der Waals surface area contributed by atoms with Crippen LogP contribution in [0.25, 0.3) is 11.8 Å². The highest BCUT2D eigenvalue weighted by molar-refractivity contribution is 6.30. The molecule has 2 aromatic carbocycles. The van der Waals surface area contributed by atoms with Crippen molar-refractivity contribution in [3.05, 3.63) is 70.8 Å². The van der Waals surface area contributed by atoms with Crippen LogP contribution in [0.2, 0.25) is 5.02 Å². The van der Waals surface area contributed by atoms with E-state index in [0.717, 1.165) is 52.4 Å². The van der Waals surface area contributed by atoms with Crippen LogP contribution in [0.15, 0.2) is 48.5 Å². The van der Waals surface area contributed by atoms with Crippen molar-refractivity contribution in [1.29, 1.82) is 0 Å². The van der Waals surface area contributed by atoms with E-state index in [2.05, 4.69) is 47.7 Å². The van der Waals surface area contributed by atoms with Gasteiger partial charge in [0.25, 0.3) is 0 Å². The largest absolute Gasteiger partial charge is 0.379 e. The number of halogens is 1. The number of benzene rings is 2. The SMILES string of the molecule is C=Cc1cc(Cl)ccc1NC(N)c1cc(C)cc(C(=C)N2CCCCC2)c1/N=C\NC. The molecule has 2 aromatic rings. The van der Waals surface area contributed by atoms with Crippen LogP contribution in [0.5, 0.6) is 0 Å². The quantitative estimate of drug-likeness (QED) is 0.281. The molecule has 6 heteroatoms. The smallest absolute Gasteiger partial charge is 0.103 e. The van der Waals surface area contributed by atoms with Gasteiger partial charge in [0.05, 0.1) is 12.0 Å². The van der Waals surface area contributed by atoms with E-state index in [0.29, 0.717) is 5.02 Å². The van der Waals surface area contributed by atoms with Gasteiger partial charge in [0.15, 0.2) is 0 Å². The molecule has 0 amide bonds. The summed E-state index contributed by atoms with van der Waals surface area (Å²) in [5.41, 5.74) is 13.3. The molecule has 1 fully saturated rings. The fourth-order valence-electron chi connectivity index (χ4n) is 3.95. The Morgan fingerprint density at radius 2 is 1.97 bits per heavy atom. The fourth-order valence-corrected chi connectivity index (χ4v) is 4.13. The van der Waals surface area contributed by atoms with Gasteiger partial charge in [0.2, 0.25) is 0 Å². The van der Waals surface area contributed by atoms with E-state index in [1.54, 1.807) is 12.4 Å². The topological polar surface area (TPSA) is 65.7 Å². The second-order valence-corrected chi connectivity index (χ2v) is 8.29. The summed E-state index contributed by atoms with van der Waals surface area (Å²) in [6.45, 7) is 12.4. The van der Waals surface area contributed by atoms with Crippen molar-refractivity contribution < 1.29 is 0 Å². The molecule has 0 bridgehead atoms. The van der Waals surface area contributed by atoms with Crippen LogP contribution in [0.4, 0.5) is 11.4 Å². The van der Waals surface area contributed by atoms with Crippen molar-refractivity contribution >= 4 is 41.1 Å². The van der Waals surface area contributed by atoms with Crippen molar-refractivity contribution in [2.24, 2.45) is 10.7 Å². The first-order valence-electron chi connectivity index (χ1n) is 10.7. The van der Waals surface area contributed by atoms with E-state index in [4.69, 9.17) is 22.3 Å². The third-order valence-electron chi connectivity index (χ3n) is 5.53. The van der Waals surface area contributed by atoms with Crippen molar-refractivity contribution in [3.8, 4) is 0 Å². The maximum atomic E-state index is 6.66. The van der Waals surface area contributed by atoms with Gasteiger partial charge in [-0.2, -0.15) is 0 Å². The van der Waals surface area contributed by atoms with Gasteiger partial charge in [-0.3, -0.25) is 0 Å². The predicted molar refractivity (Wildman–Crippen MR) is 135 cm³/mol. The first kappa shape index (κ1) is 22.9. The van der Waals surface area contributed by atoms with Crippen LogP contribution in [0, 0.1) is 6.92 Å². The highest BCUT2D eigenvalue weighted by Crippen LogP contribution is 2.37. The minimum atomic E-state index is -0.475. The van der Waals surface area contributed by atoms with Crippen molar-refractivity contribution in [3.63, 3.8) is 0 Å². The zero-order valence-corrected chi connectivity index (χ0v) is 19.2. The first-order chi connectivity index (χ1) is 14.9. The number of aliphatic imine (C=N–C) groups is 1. The third kappa shape index (κ3) is 5.49. The number of piperidine rings is 1. The summed E-state index contributed by atoms with van der Waals surface area (Å²) in [5.74, 6) is 0. The second kappa shape index (κ2) is 10.5. The van der Waals surface area contributed by atoms with E-state index in [-0.39, 0.29) is 0 Å². The van der Waals surface area contributed by atoms with Gasteiger partial charge in [-0.25, -0.2) is 4.99 Å². The molecular formula is C25H32ClN5. The Morgan fingerprint density at radius 3 is 2.65 bits per heavy atom. The number of nitrogens with two attached hydrogens (primary N) is 1. The molecule has 0 aliphatic carbocycles. The van der Waals surface area contributed by atoms with E-state index in [1.165, 1.54) is 19.3 Å². The molecule has 164 valence electrons. The summed E-state index contributed by atoms with van der Waals surface area (Å²) in [4.78, 5) is 7.07. The lowest BCUT2D eigenvalue weighted by Gasteiger charge is -2.32. The lowest BCUT2D eigenvalue weighted by atomic mass is 9.97. The standard InChI is InChI=1S/C25H32ClN5/c1-5-19-15-20(26)9-10-23(19)30-25(27)22-14-17(2)13-21(24(22)29-16-28-4)18(3)31-11-7-6-8-12-31/h5,9-10,13-16,25,30H,1,3,6-8,11-12,27H2,2,4H3,(H,28,29). The highest BCUT2D eigenvalue weighted by atomic mass is 35.5. The summed E-state index contributed by atoms with van der Waals surface area (Å²) in [5, 5.41) is 7.05. The number of anilines is 1. The van der Waals surface area contributed by atoms with Gasteiger partial charge in [0.1, 0.15) is 6.17 Å². The Bertz CT molecular complexity index is 976. The maximum absolute atomic E-state index is 6.66. The van der Waals surface area contributed by atoms with E-state index < -0.39 is 6.17 Å². The maximum Gasteiger partial charge on any atom is 0.103 e. The first-order valence-corrected chi connectivity index (χ1v) is 11.0. The van der Waals surface area contributed by atoms with E-state index >= 15 is 0 Å². The van der Waals surface area contributed by atoms with Gasteiger partial charge < -0.3 is 21.3 Å². The molecule has 0 saturated carbocycles. The Hall–Kier alpha value is -2.76. The zero-order valence-electron chi connectivity index (χ0n) is 18.4. The van der Waals surface area contributed by atoms with Crippen molar-refractivity contribution in [2.75, 3.05) is 25.5 Å². The molecule has 0 radical (unpaired) electrons. The lowest BCUT2D eigenvalue weighted by molar-refractivity contribution is 0.326. The minimum absolute atomic E-state index is 0.475. The molecule has 4 N–H and O–H groups in total. The number of rotatable bonds is 8. The molecule has 1 unspecified atom stereocenters.